The molecule has 2 heterocycles. The molecule has 11 heteroatoms. The number of hydrogen-bond acceptors (Lipinski definition) is 6. The van der Waals surface area contributed by atoms with Crippen molar-refractivity contribution in [2.24, 2.45) is 0 Å². The second-order valence-electron chi connectivity index (χ2n) is 7.89. The summed E-state index contributed by atoms with van der Waals surface area (Å²) < 4.78 is 25.4. The number of fused-ring (bicyclic) bond motifs is 1. The van der Waals surface area contributed by atoms with Crippen LogP contribution in [0.1, 0.15) is 22.9 Å². The molecule has 0 radical (unpaired) electrons. The first kappa shape index (κ1) is 23.7. The normalized spacial score (nSPS) is 17.2. The number of carbonyl (C=O) groups is 1. The maximum absolute atomic E-state index is 13.3. The number of para-hydroxylation sites is 1. The molecule has 2 aromatic carbocycles. The minimum atomic E-state index is -3.37. The van der Waals surface area contributed by atoms with Crippen molar-refractivity contribution in [3.05, 3.63) is 80.6 Å². The van der Waals surface area contributed by atoms with Gasteiger partial charge in [-0.25, -0.2) is 13.1 Å². The number of anilines is 1. The van der Waals surface area contributed by atoms with E-state index in [0.29, 0.717) is 38.4 Å². The molecule has 0 saturated heterocycles. The third-order valence-corrected chi connectivity index (χ3v) is 6.92. The summed E-state index contributed by atoms with van der Waals surface area (Å²) in [5, 5.41) is 19.3. The van der Waals surface area contributed by atoms with Crippen molar-refractivity contribution in [2.75, 3.05) is 30.0 Å². The number of benzene rings is 2. The number of rotatable bonds is 5. The molecule has 1 aliphatic heterocycles. The van der Waals surface area contributed by atoms with E-state index in [-0.39, 0.29) is 17.3 Å². The number of aromatic nitrogens is 2. The van der Waals surface area contributed by atoms with Crippen LogP contribution in [0.4, 0.5) is 5.82 Å². The van der Waals surface area contributed by atoms with Crippen molar-refractivity contribution in [2.45, 2.75) is 13.0 Å². The van der Waals surface area contributed by atoms with Gasteiger partial charge in [-0.3, -0.25) is 9.69 Å². The molecule has 0 N–H and O–H groups in total. The third-order valence-electron chi connectivity index (χ3n) is 5.43. The van der Waals surface area contributed by atoms with Crippen molar-refractivity contribution < 1.29 is 13.2 Å². The number of aryl methyl sites for hydroxylation is 1. The molecule has 8 nitrogen and oxygen atoms in total. The smallest absolute Gasteiger partial charge is 0.241 e. The maximum atomic E-state index is 13.3. The van der Waals surface area contributed by atoms with Gasteiger partial charge in [0.25, 0.3) is 0 Å². The van der Waals surface area contributed by atoms with Crippen LogP contribution in [-0.2, 0) is 14.6 Å². The number of halogens is 2. The first-order valence-electron chi connectivity index (χ1n) is 10.1. The van der Waals surface area contributed by atoms with Crippen LogP contribution in [-0.4, -0.2) is 54.3 Å². The lowest BCUT2D eigenvalue weighted by Crippen LogP contribution is -2.40. The van der Waals surface area contributed by atoms with Crippen LogP contribution in [0.2, 0.25) is 10.0 Å². The zero-order chi connectivity index (χ0) is 23.9. The van der Waals surface area contributed by atoms with Gasteiger partial charge in [0, 0.05) is 28.4 Å². The van der Waals surface area contributed by atoms with Gasteiger partial charge in [-0.2, -0.15) is 5.10 Å². The Bertz CT molecular complexity index is 1310. The number of carbonyl (C=O) groups excluding carboxylic acids is 1. The van der Waals surface area contributed by atoms with E-state index in [2.05, 4.69) is 5.10 Å². The standard InChI is InChI=1S/C22H21Cl2N4O4S/c1-14-20-21(17-9-8-15(23)12-18(17)24)27(30)13-19(29)26(10-11-33(2,31)32)22(20)28(25-14)16-6-4-3-5-7-16/h3-9,12,21H,10-11,13H2,1-2H3/q-1. The van der Waals surface area contributed by atoms with Gasteiger partial charge in [0.1, 0.15) is 15.7 Å². The van der Waals surface area contributed by atoms with E-state index >= 15 is 0 Å². The molecule has 1 atom stereocenters. The Hall–Kier alpha value is -2.43. The highest BCUT2D eigenvalue weighted by molar-refractivity contribution is 7.90. The first-order valence-corrected chi connectivity index (χ1v) is 12.9. The predicted octanol–water partition coefficient (Wildman–Crippen LogP) is 3.77. The van der Waals surface area contributed by atoms with E-state index in [1.807, 2.05) is 30.3 Å². The second-order valence-corrected chi connectivity index (χ2v) is 11.0. The lowest BCUT2D eigenvalue weighted by atomic mass is 9.98. The minimum Gasteiger partial charge on any atom is -0.784 e. The number of amides is 1. The lowest BCUT2D eigenvalue weighted by molar-refractivity contribution is -0.119. The van der Waals surface area contributed by atoms with Gasteiger partial charge in [-0.05, 0) is 36.8 Å². The molecule has 1 amide bonds. The van der Waals surface area contributed by atoms with Crippen LogP contribution in [0.15, 0.2) is 48.5 Å². The van der Waals surface area contributed by atoms with Crippen molar-refractivity contribution in [3.63, 3.8) is 0 Å². The quantitative estimate of drug-likeness (QED) is 0.521. The second kappa shape index (κ2) is 9.08. The molecule has 33 heavy (non-hydrogen) atoms. The summed E-state index contributed by atoms with van der Waals surface area (Å²) in [5.74, 6) is -0.441. The van der Waals surface area contributed by atoms with E-state index in [1.54, 1.807) is 23.7 Å². The maximum Gasteiger partial charge on any atom is 0.241 e. The number of hydroxylamine groups is 2. The molecule has 0 saturated carbocycles. The van der Waals surface area contributed by atoms with Crippen molar-refractivity contribution in [1.29, 1.82) is 0 Å². The summed E-state index contributed by atoms with van der Waals surface area (Å²) in [6, 6.07) is 13.0. The highest BCUT2D eigenvalue weighted by Crippen LogP contribution is 2.43. The van der Waals surface area contributed by atoms with Gasteiger partial charge in [-0.1, -0.05) is 47.5 Å². The Morgan fingerprint density at radius 2 is 1.85 bits per heavy atom. The molecular formula is C22H21Cl2N4O4S-. The average Bonchev–Trinajstić information content (AvgIpc) is 3.01. The predicted molar refractivity (Wildman–Crippen MR) is 129 cm³/mol. The Balaban J connectivity index is 1.98. The van der Waals surface area contributed by atoms with Gasteiger partial charge >= 0.3 is 0 Å². The van der Waals surface area contributed by atoms with Crippen LogP contribution in [0, 0.1) is 12.1 Å². The summed E-state index contributed by atoms with van der Waals surface area (Å²) in [6.45, 7) is 1.15. The fraction of sp³-hybridized carbons (Fsp3) is 0.273. The summed E-state index contributed by atoms with van der Waals surface area (Å²) in [7, 11) is -3.37. The Labute approximate surface area is 201 Å². The Morgan fingerprint density at radius 1 is 1.15 bits per heavy atom. The molecule has 1 unspecified atom stereocenters. The van der Waals surface area contributed by atoms with E-state index < -0.39 is 28.3 Å². The van der Waals surface area contributed by atoms with Crippen molar-refractivity contribution >= 4 is 44.8 Å². The Kier molecular flexibility index (Phi) is 6.52. The van der Waals surface area contributed by atoms with Crippen LogP contribution in [0.25, 0.3) is 5.69 Å². The molecule has 1 aliphatic rings. The van der Waals surface area contributed by atoms with E-state index in [1.165, 1.54) is 11.0 Å². The zero-order valence-electron chi connectivity index (χ0n) is 17.9. The number of hydrogen-bond donors (Lipinski definition) is 0. The molecule has 4 rings (SSSR count). The molecule has 174 valence electrons. The molecule has 3 aromatic rings. The van der Waals surface area contributed by atoms with Gasteiger partial charge in [0.15, 0.2) is 0 Å². The number of sulfone groups is 1. The monoisotopic (exact) mass is 507 g/mol. The van der Waals surface area contributed by atoms with Crippen LogP contribution in [0.5, 0.6) is 0 Å². The molecule has 1 aromatic heterocycles. The van der Waals surface area contributed by atoms with Crippen LogP contribution >= 0.6 is 23.2 Å². The van der Waals surface area contributed by atoms with Crippen molar-refractivity contribution in [3.8, 4) is 5.69 Å². The molecule has 0 fully saturated rings. The van der Waals surface area contributed by atoms with Crippen LogP contribution in [0.3, 0.4) is 0 Å². The van der Waals surface area contributed by atoms with Gasteiger partial charge < -0.3 is 10.3 Å². The lowest BCUT2D eigenvalue weighted by Gasteiger charge is -2.35. The topological polar surface area (TPSA) is 98.6 Å². The fourth-order valence-electron chi connectivity index (χ4n) is 3.95. The molecule has 0 spiro atoms. The molecule has 0 bridgehead atoms. The van der Waals surface area contributed by atoms with Gasteiger partial charge in [0.05, 0.1) is 29.7 Å². The minimum absolute atomic E-state index is 0.114. The Morgan fingerprint density at radius 3 is 2.48 bits per heavy atom. The first-order chi connectivity index (χ1) is 15.6. The summed E-state index contributed by atoms with van der Waals surface area (Å²) in [6.07, 6.45) is 1.10. The summed E-state index contributed by atoms with van der Waals surface area (Å²) in [4.78, 5) is 14.5. The van der Waals surface area contributed by atoms with E-state index in [4.69, 9.17) is 23.2 Å². The third kappa shape index (κ3) is 4.78. The summed E-state index contributed by atoms with van der Waals surface area (Å²) in [5.41, 5.74) is 2.15. The molecular weight excluding hydrogens is 487 g/mol. The van der Waals surface area contributed by atoms with Crippen LogP contribution < -0.4 is 4.90 Å². The SMILES string of the molecule is Cc1nn(-c2ccccc2)c2c1C(c1ccc(Cl)cc1Cl)N([O-])CC(=O)N2CCS(C)(=O)=O. The van der Waals surface area contributed by atoms with Gasteiger partial charge in [0.2, 0.25) is 5.91 Å². The average molecular weight is 508 g/mol. The molecule has 0 aliphatic carbocycles. The highest BCUT2D eigenvalue weighted by atomic mass is 35.5. The largest absolute Gasteiger partial charge is 0.784 e. The van der Waals surface area contributed by atoms with Crippen molar-refractivity contribution in [1.82, 2.24) is 14.8 Å². The van der Waals surface area contributed by atoms with Gasteiger partial charge in [-0.15, -0.1) is 0 Å². The van der Waals surface area contributed by atoms with E-state index in [0.717, 1.165) is 6.26 Å². The summed E-state index contributed by atoms with van der Waals surface area (Å²) >= 11 is 12.5. The highest BCUT2D eigenvalue weighted by Gasteiger charge is 2.37. The zero-order valence-corrected chi connectivity index (χ0v) is 20.2. The number of nitrogens with zero attached hydrogens (tertiary/aromatic N) is 4. The van der Waals surface area contributed by atoms with E-state index in [9.17, 15) is 18.4 Å². The fourth-order valence-corrected chi connectivity index (χ4v) is 4.98.